The van der Waals surface area contributed by atoms with E-state index in [1.807, 2.05) is 44.2 Å². The first-order valence-electron chi connectivity index (χ1n) is 5.97. The van der Waals surface area contributed by atoms with Crippen molar-refractivity contribution in [1.82, 2.24) is 0 Å². The topological polar surface area (TPSA) is 17.1 Å². The van der Waals surface area contributed by atoms with Crippen molar-refractivity contribution in [1.29, 1.82) is 0 Å². The third-order valence-electron chi connectivity index (χ3n) is 3.58. The van der Waals surface area contributed by atoms with E-state index >= 15 is 0 Å². The van der Waals surface area contributed by atoms with E-state index in [9.17, 15) is 4.79 Å². The molecule has 0 bridgehead atoms. The molecule has 0 aliphatic carbocycles. The van der Waals surface area contributed by atoms with Gasteiger partial charge in [-0.05, 0) is 11.5 Å². The van der Waals surface area contributed by atoms with Gasteiger partial charge in [0.05, 0.1) is 0 Å². The predicted octanol–water partition coefficient (Wildman–Crippen LogP) is 4.05. The first-order chi connectivity index (χ1) is 7.85. The summed E-state index contributed by atoms with van der Waals surface area (Å²) >= 11 is 5.33. The molecule has 0 saturated heterocycles. The summed E-state index contributed by atoms with van der Waals surface area (Å²) in [4.78, 5) is 12.9. The van der Waals surface area contributed by atoms with Crippen LogP contribution in [-0.2, 0) is 4.79 Å². The van der Waals surface area contributed by atoms with E-state index in [1.165, 1.54) is 0 Å². The van der Waals surface area contributed by atoms with Gasteiger partial charge in [0.2, 0.25) is 0 Å². The third kappa shape index (κ3) is 3.47. The van der Waals surface area contributed by atoms with E-state index in [-0.39, 0.29) is 11.2 Å². The molecule has 17 heavy (non-hydrogen) atoms. The van der Waals surface area contributed by atoms with Gasteiger partial charge in [-0.2, -0.15) is 0 Å². The lowest BCUT2D eigenvalue weighted by Gasteiger charge is -2.27. The van der Waals surface area contributed by atoms with Gasteiger partial charge in [-0.1, -0.05) is 70.2 Å². The summed E-state index contributed by atoms with van der Waals surface area (Å²) in [6.45, 7) is 8.13. The average Bonchev–Trinajstić information content (AvgIpc) is 2.29. The Morgan fingerprint density at radius 2 is 1.76 bits per heavy atom. The second-order valence-electron chi connectivity index (χ2n) is 5.27. The number of carbonyl (C=O) groups is 1. The molecular weight excluding hydrogens is 228 g/mol. The standard InChI is InChI=1S/C15H20OS/c1-11(2)15(3,4)14(16)10-13(17)12-8-6-5-7-9-12/h5-9,11H,10H2,1-4H3. The molecule has 1 aromatic rings. The monoisotopic (exact) mass is 248 g/mol. The normalized spacial score (nSPS) is 11.6. The summed E-state index contributed by atoms with van der Waals surface area (Å²) in [6, 6.07) is 9.75. The van der Waals surface area contributed by atoms with Crippen LogP contribution in [0.2, 0.25) is 0 Å². The Kier molecular flexibility index (Phi) is 4.58. The Balaban J connectivity index is 2.74. The van der Waals surface area contributed by atoms with E-state index in [1.54, 1.807) is 0 Å². The highest BCUT2D eigenvalue weighted by Crippen LogP contribution is 2.29. The molecule has 0 N–H and O–H groups in total. The summed E-state index contributed by atoms with van der Waals surface area (Å²) in [5.74, 6) is 0.551. The molecule has 0 unspecified atom stereocenters. The van der Waals surface area contributed by atoms with Crippen LogP contribution in [-0.4, -0.2) is 10.6 Å². The van der Waals surface area contributed by atoms with Gasteiger partial charge in [-0.25, -0.2) is 0 Å². The molecule has 0 aliphatic rings. The van der Waals surface area contributed by atoms with E-state index < -0.39 is 0 Å². The van der Waals surface area contributed by atoms with Crippen molar-refractivity contribution in [3.05, 3.63) is 35.9 Å². The SMILES string of the molecule is CC(C)C(C)(C)C(=O)CC(=S)c1ccccc1. The number of ketones is 1. The number of carbonyl (C=O) groups excluding carboxylic acids is 1. The summed E-state index contributed by atoms with van der Waals surface area (Å²) in [5.41, 5.74) is 0.675. The summed E-state index contributed by atoms with van der Waals surface area (Å²) in [6.07, 6.45) is 0.366. The smallest absolute Gasteiger partial charge is 0.143 e. The molecule has 2 heteroatoms. The van der Waals surface area contributed by atoms with Crippen LogP contribution >= 0.6 is 12.2 Å². The molecule has 1 aromatic carbocycles. The zero-order chi connectivity index (χ0) is 13.1. The van der Waals surface area contributed by atoms with Crippen LogP contribution in [0.1, 0.15) is 39.7 Å². The van der Waals surface area contributed by atoms with Crippen LogP contribution in [0.3, 0.4) is 0 Å². The number of hydrogen-bond acceptors (Lipinski definition) is 2. The van der Waals surface area contributed by atoms with Gasteiger partial charge in [-0.3, -0.25) is 4.79 Å². The molecule has 0 amide bonds. The second kappa shape index (κ2) is 5.54. The molecule has 0 aromatic heterocycles. The first-order valence-corrected chi connectivity index (χ1v) is 6.38. The molecule has 92 valence electrons. The lowest BCUT2D eigenvalue weighted by atomic mass is 9.76. The van der Waals surface area contributed by atoms with E-state index in [0.717, 1.165) is 10.4 Å². The Morgan fingerprint density at radius 1 is 1.24 bits per heavy atom. The maximum Gasteiger partial charge on any atom is 0.143 e. The van der Waals surface area contributed by atoms with Crippen LogP contribution in [0.5, 0.6) is 0 Å². The van der Waals surface area contributed by atoms with Crippen LogP contribution in [0, 0.1) is 11.3 Å². The average molecular weight is 248 g/mol. The summed E-state index contributed by atoms with van der Waals surface area (Å²) < 4.78 is 0. The Labute approximate surface area is 109 Å². The lowest BCUT2D eigenvalue weighted by molar-refractivity contribution is -0.127. The van der Waals surface area contributed by atoms with Crippen molar-refractivity contribution in [2.24, 2.45) is 11.3 Å². The highest BCUT2D eigenvalue weighted by molar-refractivity contribution is 7.80. The maximum atomic E-state index is 12.2. The van der Waals surface area contributed by atoms with Crippen molar-refractivity contribution in [3.63, 3.8) is 0 Å². The molecule has 0 radical (unpaired) electrons. The lowest BCUT2D eigenvalue weighted by Crippen LogP contribution is -2.31. The highest BCUT2D eigenvalue weighted by atomic mass is 32.1. The number of rotatable bonds is 5. The predicted molar refractivity (Wildman–Crippen MR) is 76.4 cm³/mol. The molecule has 1 rings (SSSR count). The molecule has 0 saturated carbocycles. The van der Waals surface area contributed by atoms with Gasteiger partial charge in [-0.15, -0.1) is 0 Å². The molecule has 0 fully saturated rings. The van der Waals surface area contributed by atoms with Crippen molar-refractivity contribution in [2.45, 2.75) is 34.1 Å². The maximum absolute atomic E-state index is 12.2. The van der Waals surface area contributed by atoms with Crippen molar-refractivity contribution >= 4 is 22.9 Å². The Morgan fingerprint density at radius 3 is 2.24 bits per heavy atom. The minimum atomic E-state index is -0.307. The number of hydrogen-bond donors (Lipinski definition) is 0. The fourth-order valence-electron chi connectivity index (χ4n) is 1.42. The van der Waals surface area contributed by atoms with Gasteiger partial charge in [0.15, 0.2) is 0 Å². The van der Waals surface area contributed by atoms with Crippen LogP contribution in [0.4, 0.5) is 0 Å². The van der Waals surface area contributed by atoms with E-state index in [2.05, 4.69) is 13.8 Å². The molecular formula is C15H20OS. The summed E-state index contributed by atoms with van der Waals surface area (Å²) in [7, 11) is 0. The van der Waals surface area contributed by atoms with Crippen LogP contribution < -0.4 is 0 Å². The quantitative estimate of drug-likeness (QED) is 0.577. The van der Waals surface area contributed by atoms with Gasteiger partial charge >= 0.3 is 0 Å². The molecule has 0 atom stereocenters. The molecule has 1 nitrogen and oxygen atoms in total. The number of thiocarbonyl (C=S) groups is 1. The Bertz CT molecular complexity index is 404. The van der Waals surface area contributed by atoms with Gasteiger partial charge in [0.1, 0.15) is 5.78 Å². The minimum Gasteiger partial charge on any atom is -0.299 e. The molecule has 0 spiro atoms. The van der Waals surface area contributed by atoms with E-state index in [0.29, 0.717) is 12.3 Å². The molecule has 0 aliphatic heterocycles. The Hall–Kier alpha value is -1.02. The van der Waals surface area contributed by atoms with Gasteiger partial charge in [0.25, 0.3) is 0 Å². The van der Waals surface area contributed by atoms with Crippen LogP contribution in [0.15, 0.2) is 30.3 Å². The first kappa shape index (κ1) is 14.0. The van der Waals surface area contributed by atoms with Crippen LogP contribution in [0.25, 0.3) is 0 Å². The van der Waals surface area contributed by atoms with Crippen molar-refractivity contribution in [3.8, 4) is 0 Å². The van der Waals surface area contributed by atoms with Crippen molar-refractivity contribution < 1.29 is 4.79 Å². The summed E-state index contributed by atoms with van der Waals surface area (Å²) in [5, 5.41) is 0. The van der Waals surface area contributed by atoms with E-state index in [4.69, 9.17) is 12.2 Å². The fourth-order valence-corrected chi connectivity index (χ4v) is 1.69. The third-order valence-corrected chi connectivity index (χ3v) is 3.96. The number of Topliss-reactive ketones (excluding diaryl/α,β-unsaturated/α-hetero) is 1. The number of benzene rings is 1. The highest BCUT2D eigenvalue weighted by Gasteiger charge is 2.31. The largest absolute Gasteiger partial charge is 0.299 e. The second-order valence-corrected chi connectivity index (χ2v) is 5.76. The molecule has 0 heterocycles. The fraction of sp³-hybridized carbons (Fsp3) is 0.467. The van der Waals surface area contributed by atoms with Gasteiger partial charge < -0.3 is 0 Å². The zero-order valence-electron chi connectivity index (χ0n) is 11.0. The zero-order valence-corrected chi connectivity index (χ0v) is 11.8. The van der Waals surface area contributed by atoms with Crippen molar-refractivity contribution in [2.75, 3.05) is 0 Å². The minimum absolute atomic E-state index is 0.223. The van der Waals surface area contributed by atoms with Gasteiger partial charge in [0, 0.05) is 16.7 Å².